The van der Waals surface area contributed by atoms with Crippen LogP contribution in [0.15, 0.2) is 200 Å². The molecule has 0 aliphatic carbocycles. The van der Waals surface area contributed by atoms with Crippen LogP contribution in [0, 0.1) is 0 Å². The van der Waals surface area contributed by atoms with Crippen LogP contribution < -0.4 is 0 Å². The maximum atomic E-state index is 5.30. The SMILES string of the molecule is c1ccc(-c2ccc(-c3nc(-c4ccccc4)nc(-c4cccc5sc6c(-c7nc(-c8ccccc8)nc(-n8c9ccccc9c9ccccc98)n7)cccc6c45)n3)cc2)cc1. The fourth-order valence-electron chi connectivity index (χ4n) is 8.43. The number of nitrogens with zero attached hydrogens (tertiary/aromatic N) is 7. The standard InChI is InChI=1S/C54H33N7S/c1-4-16-34(17-5-1)35-30-32-38(33-31-35)50-55-49(36-18-6-2-7-19-36)56-52(57-50)42-25-15-29-46-47(42)41-24-14-26-43(48(41)62-46)53-58-51(37-20-8-3-9-21-37)59-54(60-53)61-44-27-12-10-22-39(44)40-23-11-13-28-45(40)61/h1-33H. The second-order valence-electron chi connectivity index (χ2n) is 15.1. The molecule has 0 saturated carbocycles. The normalized spacial score (nSPS) is 11.5. The van der Waals surface area contributed by atoms with E-state index in [2.05, 4.69) is 138 Å². The van der Waals surface area contributed by atoms with Crippen LogP contribution in [0.25, 0.3) is 116 Å². The molecule has 0 spiro atoms. The molecule has 0 aliphatic rings. The maximum absolute atomic E-state index is 5.30. The molecule has 290 valence electrons. The van der Waals surface area contributed by atoms with Gasteiger partial charge in [-0.15, -0.1) is 11.3 Å². The Morgan fingerprint density at radius 3 is 1.35 bits per heavy atom. The van der Waals surface area contributed by atoms with Crippen molar-refractivity contribution >= 4 is 53.3 Å². The largest absolute Gasteiger partial charge is 0.278 e. The molecule has 0 aliphatic heterocycles. The van der Waals surface area contributed by atoms with Crippen LogP contribution in [0.1, 0.15) is 0 Å². The number of para-hydroxylation sites is 2. The third-order valence-electron chi connectivity index (χ3n) is 11.4. The first-order chi connectivity index (χ1) is 30.7. The van der Waals surface area contributed by atoms with Crippen LogP contribution in [0.5, 0.6) is 0 Å². The number of benzene rings is 8. The average Bonchev–Trinajstić information content (AvgIpc) is 3.91. The number of thiophene rings is 1. The minimum Gasteiger partial charge on any atom is -0.278 e. The summed E-state index contributed by atoms with van der Waals surface area (Å²) in [6, 6.07) is 68.7. The first kappa shape index (κ1) is 35.7. The van der Waals surface area contributed by atoms with Gasteiger partial charge in [0.2, 0.25) is 5.95 Å². The molecule has 4 aromatic heterocycles. The highest BCUT2D eigenvalue weighted by Gasteiger charge is 2.22. The Labute approximate surface area is 360 Å². The Balaban J connectivity index is 1.05. The van der Waals surface area contributed by atoms with E-state index >= 15 is 0 Å². The van der Waals surface area contributed by atoms with Gasteiger partial charge < -0.3 is 0 Å². The molecule has 0 amide bonds. The molecule has 8 heteroatoms. The molecule has 12 aromatic rings. The van der Waals surface area contributed by atoms with Crippen molar-refractivity contribution in [3.8, 4) is 74.0 Å². The lowest BCUT2D eigenvalue weighted by Crippen LogP contribution is -2.06. The van der Waals surface area contributed by atoms with Gasteiger partial charge in [0, 0.05) is 58.8 Å². The fourth-order valence-corrected chi connectivity index (χ4v) is 9.67. The summed E-state index contributed by atoms with van der Waals surface area (Å²) in [5.41, 5.74) is 8.97. The molecule has 7 nitrogen and oxygen atoms in total. The summed E-state index contributed by atoms with van der Waals surface area (Å²) < 4.78 is 4.34. The lowest BCUT2D eigenvalue weighted by molar-refractivity contribution is 0.954. The van der Waals surface area contributed by atoms with E-state index in [1.807, 2.05) is 66.7 Å². The topological polar surface area (TPSA) is 82.3 Å². The van der Waals surface area contributed by atoms with Gasteiger partial charge in [0.15, 0.2) is 29.1 Å². The predicted octanol–water partition coefficient (Wildman–Crippen LogP) is 13.5. The second-order valence-corrected chi connectivity index (χ2v) is 16.1. The zero-order chi connectivity index (χ0) is 41.0. The second kappa shape index (κ2) is 14.8. The molecule has 12 rings (SSSR count). The average molecular weight is 812 g/mol. The predicted molar refractivity (Wildman–Crippen MR) is 253 cm³/mol. The minimum atomic E-state index is 0.563. The summed E-state index contributed by atoms with van der Waals surface area (Å²) >= 11 is 1.72. The molecular weight excluding hydrogens is 779 g/mol. The highest BCUT2D eigenvalue weighted by atomic mass is 32.1. The Morgan fingerprint density at radius 1 is 0.306 bits per heavy atom. The Kier molecular flexibility index (Phi) is 8.53. The summed E-state index contributed by atoms with van der Waals surface area (Å²) in [4.78, 5) is 31.1. The van der Waals surface area contributed by atoms with E-state index < -0.39 is 0 Å². The van der Waals surface area contributed by atoms with Gasteiger partial charge in [0.25, 0.3) is 0 Å². The van der Waals surface area contributed by atoms with Crippen LogP contribution >= 0.6 is 11.3 Å². The number of rotatable bonds is 7. The number of hydrogen-bond donors (Lipinski definition) is 0. The molecular formula is C54H33N7S. The minimum absolute atomic E-state index is 0.563. The summed E-state index contributed by atoms with van der Waals surface area (Å²) in [7, 11) is 0. The van der Waals surface area contributed by atoms with Gasteiger partial charge in [-0.25, -0.2) is 19.9 Å². The third-order valence-corrected chi connectivity index (χ3v) is 12.6. The first-order valence-corrected chi connectivity index (χ1v) is 21.3. The van der Waals surface area contributed by atoms with E-state index in [4.69, 9.17) is 29.9 Å². The highest BCUT2D eigenvalue weighted by Crippen LogP contribution is 2.44. The van der Waals surface area contributed by atoms with Crippen molar-refractivity contribution in [2.45, 2.75) is 0 Å². The van der Waals surface area contributed by atoms with Crippen LogP contribution in [0.2, 0.25) is 0 Å². The number of aromatic nitrogens is 7. The summed E-state index contributed by atoms with van der Waals surface area (Å²) in [6.45, 7) is 0. The van der Waals surface area contributed by atoms with E-state index in [-0.39, 0.29) is 0 Å². The summed E-state index contributed by atoms with van der Waals surface area (Å²) in [5, 5.41) is 4.44. The summed E-state index contributed by atoms with van der Waals surface area (Å²) in [5.74, 6) is 3.61. The van der Waals surface area contributed by atoms with Gasteiger partial charge in [0.1, 0.15) is 0 Å². The van der Waals surface area contributed by atoms with Crippen molar-refractivity contribution in [1.82, 2.24) is 34.5 Å². The monoisotopic (exact) mass is 811 g/mol. The zero-order valence-corrected chi connectivity index (χ0v) is 33.9. The van der Waals surface area contributed by atoms with E-state index in [0.717, 1.165) is 80.9 Å². The Bertz CT molecular complexity index is 3570. The molecule has 0 atom stereocenters. The molecule has 0 bridgehead atoms. The van der Waals surface area contributed by atoms with Crippen LogP contribution in [0.3, 0.4) is 0 Å². The van der Waals surface area contributed by atoms with E-state index in [0.29, 0.717) is 35.1 Å². The van der Waals surface area contributed by atoms with E-state index in [1.54, 1.807) is 11.3 Å². The lowest BCUT2D eigenvalue weighted by Gasteiger charge is -2.11. The molecule has 62 heavy (non-hydrogen) atoms. The molecule has 4 heterocycles. The van der Waals surface area contributed by atoms with Crippen LogP contribution in [-0.2, 0) is 0 Å². The van der Waals surface area contributed by atoms with Crippen molar-refractivity contribution in [3.05, 3.63) is 200 Å². The summed E-state index contributed by atoms with van der Waals surface area (Å²) in [6.07, 6.45) is 0. The van der Waals surface area contributed by atoms with Crippen molar-refractivity contribution in [3.63, 3.8) is 0 Å². The zero-order valence-electron chi connectivity index (χ0n) is 33.1. The third kappa shape index (κ3) is 6.12. The molecule has 0 fully saturated rings. The van der Waals surface area contributed by atoms with E-state index in [9.17, 15) is 0 Å². The maximum Gasteiger partial charge on any atom is 0.238 e. The van der Waals surface area contributed by atoms with Crippen LogP contribution in [-0.4, -0.2) is 34.5 Å². The smallest absolute Gasteiger partial charge is 0.238 e. The molecule has 0 N–H and O–H groups in total. The van der Waals surface area contributed by atoms with Gasteiger partial charge in [0.05, 0.1) is 11.0 Å². The van der Waals surface area contributed by atoms with Gasteiger partial charge in [-0.05, 0) is 35.4 Å². The number of hydrogen-bond acceptors (Lipinski definition) is 7. The van der Waals surface area contributed by atoms with Crippen molar-refractivity contribution < 1.29 is 0 Å². The highest BCUT2D eigenvalue weighted by molar-refractivity contribution is 7.26. The van der Waals surface area contributed by atoms with E-state index in [1.165, 1.54) is 0 Å². The first-order valence-electron chi connectivity index (χ1n) is 20.5. The van der Waals surface area contributed by atoms with Crippen molar-refractivity contribution in [1.29, 1.82) is 0 Å². The lowest BCUT2D eigenvalue weighted by atomic mass is 10.0. The Morgan fingerprint density at radius 2 is 0.726 bits per heavy atom. The van der Waals surface area contributed by atoms with Gasteiger partial charge in [-0.3, -0.25) is 4.57 Å². The fraction of sp³-hybridized carbons (Fsp3) is 0. The van der Waals surface area contributed by atoms with Crippen LogP contribution in [0.4, 0.5) is 0 Å². The molecule has 0 saturated heterocycles. The molecule has 0 unspecified atom stereocenters. The van der Waals surface area contributed by atoms with Crippen molar-refractivity contribution in [2.75, 3.05) is 0 Å². The van der Waals surface area contributed by atoms with Gasteiger partial charge in [-0.2, -0.15) is 9.97 Å². The molecule has 8 aromatic carbocycles. The van der Waals surface area contributed by atoms with Gasteiger partial charge >= 0.3 is 0 Å². The van der Waals surface area contributed by atoms with Crippen molar-refractivity contribution in [2.24, 2.45) is 0 Å². The van der Waals surface area contributed by atoms with Gasteiger partial charge in [-0.1, -0.05) is 176 Å². The Hall–Kier alpha value is -8.20. The quantitative estimate of drug-likeness (QED) is 0.159. The number of fused-ring (bicyclic) bond motifs is 6. The molecule has 0 radical (unpaired) electrons.